The third-order valence-corrected chi connectivity index (χ3v) is 4.39. The summed E-state index contributed by atoms with van der Waals surface area (Å²) in [6.07, 6.45) is 1.51. The lowest BCUT2D eigenvalue weighted by Crippen LogP contribution is -2.00. The summed E-state index contributed by atoms with van der Waals surface area (Å²) in [6.45, 7) is 4.18. The Labute approximate surface area is 148 Å². The zero-order valence-electron chi connectivity index (χ0n) is 13.7. The molecular weight excluding hydrogens is 337 g/mol. The van der Waals surface area contributed by atoms with E-state index in [4.69, 9.17) is 12.2 Å². The molecule has 2 N–H and O–H groups in total. The summed E-state index contributed by atoms with van der Waals surface area (Å²) in [5.41, 5.74) is 3.52. The molecule has 2 aromatic carbocycles. The fourth-order valence-electron chi connectivity index (χ4n) is 2.96. The fraction of sp³-hybridized carbons (Fsp3) is 0.167. The first-order chi connectivity index (χ1) is 12.0. The van der Waals surface area contributed by atoms with Crippen LogP contribution in [0.5, 0.6) is 0 Å². The number of halogens is 1. The minimum Gasteiger partial charge on any atom is -0.340 e. The van der Waals surface area contributed by atoms with Crippen LogP contribution in [0.2, 0.25) is 0 Å². The summed E-state index contributed by atoms with van der Waals surface area (Å²) in [7, 11) is 0. The molecule has 4 rings (SSSR count). The van der Waals surface area contributed by atoms with E-state index in [1.807, 2.05) is 12.1 Å². The molecule has 2 heterocycles. The number of rotatable bonds is 3. The van der Waals surface area contributed by atoms with Gasteiger partial charge < -0.3 is 14.9 Å². The van der Waals surface area contributed by atoms with Gasteiger partial charge in [-0.3, -0.25) is 0 Å². The number of aromatic nitrogens is 4. The van der Waals surface area contributed by atoms with Gasteiger partial charge in [0.2, 0.25) is 0 Å². The normalized spacial score (nSPS) is 11.5. The number of nitrogens with zero attached hydrogens (tertiary/aromatic N) is 3. The number of hydrogen-bond donors (Lipinski definition) is 2. The van der Waals surface area contributed by atoms with E-state index in [0.717, 1.165) is 27.6 Å². The van der Waals surface area contributed by atoms with Crippen molar-refractivity contribution in [2.45, 2.75) is 19.9 Å². The van der Waals surface area contributed by atoms with E-state index in [9.17, 15) is 4.39 Å². The van der Waals surface area contributed by atoms with E-state index in [1.54, 1.807) is 12.1 Å². The number of benzene rings is 2. The Morgan fingerprint density at radius 3 is 2.64 bits per heavy atom. The van der Waals surface area contributed by atoms with Crippen molar-refractivity contribution >= 4 is 45.7 Å². The topological polar surface area (TPSA) is 58.5 Å². The molecule has 0 aliphatic rings. The highest BCUT2D eigenvalue weighted by atomic mass is 32.1. The van der Waals surface area contributed by atoms with Crippen LogP contribution in [0.4, 0.5) is 15.9 Å². The molecule has 0 radical (unpaired) electrons. The van der Waals surface area contributed by atoms with Crippen LogP contribution in [0.15, 0.2) is 42.7 Å². The van der Waals surface area contributed by atoms with Crippen LogP contribution >= 0.6 is 12.2 Å². The highest BCUT2D eigenvalue weighted by molar-refractivity contribution is 7.71. The van der Waals surface area contributed by atoms with Crippen molar-refractivity contribution in [3.63, 3.8) is 0 Å². The standard InChI is InChI=1S/C18H16FN5S/c1-10(2)24-16-8-14-13(7-15(16)23-18(24)25)17(21-9-20-14)22-12-5-3-11(19)4-6-12/h3-10H,1-2H3,(H,23,25)(H,20,21,22). The predicted octanol–water partition coefficient (Wildman–Crippen LogP) is 5.11. The molecule has 5 nitrogen and oxygen atoms in total. The Balaban J connectivity index is 1.89. The van der Waals surface area contributed by atoms with Crippen LogP contribution in [0.3, 0.4) is 0 Å². The molecule has 7 heteroatoms. The monoisotopic (exact) mass is 353 g/mol. The SMILES string of the molecule is CC(C)n1c(=S)[nH]c2cc3c(Nc4ccc(F)cc4)ncnc3cc21. The first-order valence-corrected chi connectivity index (χ1v) is 8.35. The molecule has 0 aliphatic heterocycles. The second-order valence-electron chi connectivity index (χ2n) is 6.13. The lowest BCUT2D eigenvalue weighted by molar-refractivity contribution is 0.610. The Hall–Kier alpha value is -2.80. The molecule has 4 aromatic rings. The molecule has 25 heavy (non-hydrogen) atoms. The van der Waals surface area contributed by atoms with E-state index in [1.165, 1.54) is 18.5 Å². The number of fused-ring (bicyclic) bond motifs is 2. The van der Waals surface area contributed by atoms with Crippen LogP contribution in [0.25, 0.3) is 21.9 Å². The molecule has 126 valence electrons. The van der Waals surface area contributed by atoms with E-state index < -0.39 is 0 Å². The number of hydrogen-bond acceptors (Lipinski definition) is 4. The van der Waals surface area contributed by atoms with Crippen molar-refractivity contribution in [1.82, 2.24) is 19.5 Å². The number of nitrogens with one attached hydrogen (secondary N) is 2. The number of anilines is 2. The summed E-state index contributed by atoms with van der Waals surface area (Å²) in [4.78, 5) is 12.0. The van der Waals surface area contributed by atoms with Gasteiger partial charge in [0.1, 0.15) is 18.0 Å². The third kappa shape index (κ3) is 2.76. The Kier molecular flexibility index (Phi) is 3.73. The average Bonchev–Trinajstić information content (AvgIpc) is 2.90. The number of imidazole rings is 1. The molecule has 0 amide bonds. The second kappa shape index (κ2) is 5.93. The highest BCUT2D eigenvalue weighted by Crippen LogP contribution is 2.28. The average molecular weight is 353 g/mol. The predicted molar refractivity (Wildman–Crippen MR) is 100 cm³/mol. The quantitative estimate of drug-likeness (QED) is 0.503. The Morgan fingerprint density at radius 2 is 1.92 bits per heavy atom. The van der Waals surface area contributed by atoms with Crippen LogP contribution < -0.4 is 5.32 Å². The van der Waals surface area contributed by atoms with Crippen LogP contribution in [-0.2, 0) is 0 Å². The smallest absolute Gasteiger partial charge is 0.178 e. The maximum absolute atomic E-state index is 13.1. The molecule has 2 aromatic heterocycles. The number of H-pyrrole nitrogens is 1. The van der Waals surface area contributed by atoms with Gasteiger partial charge in [0.05, 0.1) is 16.6 Å². The van der Waals surface area contributed by atoms with E-state index in [2.05, 4.69) is 38.7 Å². The fourth-order valence-corrected chi connectivity index (χ4v) is 3.38. The number of aromatic amines is 1. The van der Waals surface area contributed by atoms with Crippen molar-refractivity contribution in [2.24, 2.45) is 0 Å². The summed E-state index contributed by atoms with van der Waals surface area (Å²) in [5.74, 6) is 0.387. The summed E-state index contributed by atoms with van der Waals surface area (Å²) in [5, 5.41) is 4.09. The van der Waals surface area contributed by atoms with Crippen molar-refractivity contribution < 1.29 is 4.39 Å². The van der Waals surface area contributed by atoms with Gasteiger partial charge in [-0.2, -0.15) is 0 Å². The summed E-state index contributed by atoms with van der Waals surface area (Å²) < 4.78 is 15.8. The lowest BCUT2D eigenvalue weighted by Gasteiger charge is -2.10. The Morgan fingerprint density at radius 1 is 1.16 bits per heavy atom. The largest absolute Gasteiger partial charge is 0.340 e. The molecule has 0 aliphatic carbocycles. The van der Waals surface area contributed by atoms with Crippen LogP contribution in [0.1, 0.15) is 19.9 Å². The van der Waals surface area contributed by atoms with E-state index in [-0.39, 0.29) is 11.9 Å². The van der Waals surface area contributed by atoms with Gasteiger partial charge in [-0.1, -0.05) is 0 Å². The van der Waals surface area contributed by atoms with Crippen LogP contribution in [0, 0.1) is 10.6 Å². The van der Waals surface area contributed by atoms with Gasteiger partial charge in [-0.05, 0) is 62.5 Å². The van der Waals surface area contributed by atoms with Gasteiger partial charge in [0, 0.05) is 17.1 Å². The molecule has 0 bridgehead atoms. The first kappa shape index (κ1) is 15.7. The maximum atomic E-state index is 13.1. The summed E-state index contributed by atoms with van der Waals surface area (Å²) in [6, 6.07) is 10.4. The van der Waals surface area contributed by atoms with Crippen molar-refractivity contribution in [3.8, 4) is 0 Å². The molecule has 0 unspecified atom stereocenters. The van der Waals surface area contributed by atoms with Crippen molar-refractivity contribution in [2.75, 3.05) is 5.32 Å². The van der Waals surface area contributed by atoms with Gasteiger partial charge in [0.25, 0.3) is 0 Å². The lowest BCUT2D eigenvalue weighted by atomic mass is 10.2. The van der Waals surface area contributed by atoms with Gasteiger partial charge in [0.15, 0.2) is 4.77 Å². The van der Waals surface area contributed by atoms with Gasteiger partial charge in [-0.15, -0.1) is 0 Å². The zero-order chi connectivity index (χ0) is 17.6. The van der Waals surface area contributed by atoms with E-state index in [0.29, 0.717) is 10.6 Å². The molecular formula is C18H16FN5S. The second-order valence-corrected chi connectivity index (χ2v) is 6.52. The molecule has 0 saturated heterocycles. The van der Waals surface area contributed by atoms with Crippen molar-refractivity contribution in [1.29, 1.82) is 0 Å². The zero-order valence-corrected chi connectivity index (χ0v) is 14.6. The van der Waals surface area contributed by atoms with Gasteiger partial charge in [-0.25, -0.2) is 14.4 Å². The first-order valence-electron chi connectivity index (χ1n) is 7.94. The summed E-state index contributed by atoms with van der Waals surface area (Å²) >= 11 is 5.44. The minimum absolute atomic E-state index is 0.248. The van der Waals surface area contributed by atoms with Crippen LogP contribution in [-0.4, -0.2) is 19.5 Å². The molecule has 0 spiro atoms. The molecule has 0 saturated carbocycles. The molecule has 0 atom stereocenters. The van der Waals surface area contributed by atoms with Gasteiger partial charge >= 0.3 is 0 Å². The minimum atomic E-state index is -0.276. The van der Waals surface area contributed by atoms with E-state index >= 15 is 0 Å². The van der Waals surface area contributed by atoms with Crippen molar-refractivity contribution in [3.05, 3.63) is 53.3 Å². The maximum Gasteiger partial charge on any atom is 0.178 e. The Bertz CT molecular complexity index is 1130. The molecule has 0 fully saturated rings. The third-order valence-electron chi connectivity index (χ3n) is 4.10. The highest BCUT2D eigenvalue weighted by Gasteiger charge is 2.12.